The molecule has 188 valence electrons. The Hall–Kier alpha value is -4.21. The molecule has 10 nitrogen and oxygen atoms in total. The van der Waals surface area contributed by atoms with E-state index < -0.39 is 30.5 Å². The minimum absolute atomic E-state index is 0.0673. The number of fused-ring (bicyclic) bond motifs is 1. The van der Waals surface area contributed by atoms with Gasteiger partial charge >= 0.3 is 12.1 Å². The molecule has 4 amide bonds. The van der Waals surface area contributed by atoms with E-state index in [4.69, 9.17) is 9.47 Å². The van der Waals surface area contributed by atoms with E-state index in [2.05, 4.69) is 0 Å². The van der Waals surface area contributed by atoms with Crippen molar-refractivity contribution < 1.29 is 33.4 Å². The molecular formula is C26H27N3O7. The molecule has 36 heavy (non-hydrogen) atoms. The van der Waals surface area contributed by atoms with Gasteiger partial charge in [-0.25, -0.2) is 14.5 Å². The molecule has 0 radical (unpaired) electrons. The molecule has 0 spiro atoms. The SMILES string of the molecule is CCOC(=O)N1CCN(C(=O)COC(=O)c2ccc3c(c2)C(=O)N(c2cc(C)ccc2C)C3=O)CC1. The first-order chi connectivity index (χ1) is 17.2. The van der Waals surface area contributed by atoms with Gasteiger partial charge in [-0.05, 0) is 56.2 Å². The molecule has 0 saturated carbocycles. The van der Waals surface area contributed by atoms with Crippen LogP contribution in [0, 0.1) is 13.8 Å². The summed E-state index contributed by atoms with van der Waals surface area (Å²) in [7, 11) is 0. The van der Waals surface area contributed by atoms with E-state index in [0.717, 1.165) is 16.0 Å². The second kappa shape index (κ2) is 10.2. The zero-order valence-corrected chi connectivity index (χ0v) is 20.4. The topological polar surface area (TPSA) is 114 Å². The predicted molar refractivity (Wildman–Crippen MR) is 129 cm³/mol. The Morgan fingerprint density at radius 1 is 0.833 bits per heavy atom. The highest BCUT2D eigenvalue weighted by molar-refractivity contribution is 6.35. The predicted octanol–water partition coefficient (Wildman–Crippen LogP) is 2.56. The smallest absolute Gasteiger partial charge is 0.409 e. The number of hydrogen-bond acceptors (Lipinski definition) is 7. The van der Waals surface area contributed by atoms with Crippen molar-refractivity contribution in [1.82, 2.24) is 9.80 Å². The van der Waals surface area contributed by atoms with E-state index in [1.54, 1.807) is 13.0 Å². The number of anilines is 1. The van der Waals surface area contributed by atoms with Crippen molar-refractivity contribution in [2.24, 2.45) is 0 Å². The van der Waals surface area contributed by atoms with E-state index in [0.29, 0.717) is 31.9 Å². The van der Waals surface area contributed by atoms with Crippen LogP contribution in [-0.4, -0.2) is 79.0 Å². The van der Waals surface area contributed by atoms with Gasteiger partial charge in [0.2, 0.25) is 0 Å². The second-order valence-corrected chi connectivity index (χ2v) is 8.64. The van der Waals surface area contributed by atoms with E-state index in [1.165, 1.54) is 28.0 Å². The summed E-state index contributed by atoms with van der Waals surface area (Å²) in [5, 5.41) is 0. The molecule has 2 aromatic rings. The Balaban J connectivity index is 1.39. The minimum atomic E-state index is -0.776. The average Bonchev–Trinajstić information content (AvgIpc) is 3.13. The Bertz CT molecular complexity index is 1250. The van der Waals surface area contributed by atoms with Crippen molar-refractivity contribution in [2.75, 3.05) is 44.3 Å². The van der Waals surface area contributed by atoms with E-state index in [-0.39, 0.29) is 29.2 Å². The fourth-order valence-electron chi connectivity index (χ4n) is 4.20. The van der Waals surface area contributed by atoms with Crippen LogP contribution in [0.4, 0.5) is 10.5 Å². The third-order valence-electron chi connectivity index (χ3n) is 6.21. The van der Waals surface area contributed by atoms with Crippen molar-refractivity contribution in [2.45, 2.75) is 20.8 Å². The maximum absolute atomic E-state index is 13.1. The standard InChI is InChI=1S/C26H27N3O7/c1-4-35-26(34)28-11-9-27(10-12-28)22(30)15-36-25(33)18-7-8-19-20(14-18)24(32)29(23(19)31)21-13-16(2)5-6-17(21)3/h5-8,13-14H,4,9-12,15H2,1-3H3. The number of rotatable bonds is 5. The number of piperazine rings is 1. The zero-order chi connectivity index (χ0) is 26.0. The van der Waals surface area contributed by atoms with Crippen LogP contribution in [0.1, 0.15) is 49.1 Å². The highest BCUT2D eigenvalue weighted by atomic mass is 16.6. The van der Waals surface area contributed by atoms with Crippen molar-refractivity contribution in [3.63, 3.8) is 0 Å². The molecular weight excluding hydrogens is 466 g/mol. The molecule has 1 saturated heterocycles. The molecule has 0 unspecified atom stereocenters. The summed E-state index contributed by atoms with van der Waals surface area (Å²) in [6, 6.07) is 9.66. The van der Waals surface area contributed by atoms with Crippen LogP contribution in [0.3, 0.4) is 0 Å². The molecule has 2 aliphatic heterocycles. The number of carbonyl (C=O) groups is 5. The molecule has 2 aromatic carbocycles. The van der Waals surface area contributed by atoms with Gasteiger partial charge in [0.25, 0.3) is 17.7 Å². The highest BCUT2D eigenvalue weighted by Gasteiger charge is 2.38. The normalized spacial score (nSPS) is 15.1. The van der Waals surface area contributed by atoms with Crippen LogP contribution in [0.15, 0.2) is 36.4 Å². The third-order valence-corrected chi connectivity index (χ3v) is 6.21. The molecule has 2 aliphatic rings. The molecule has 4 rings (SSSR count). The number of esters is 1. The van der Waals surface area contributed by atoms with Gasteiger partial charge in [0, 0.05) is 26.2 Å². The van der Waals surface area contributed by atoms with Crippen molar-refractivity contribution >= 4 is 35.5 Å². The maximum Gasteiger partial charge on any atom is 0.409 e. The monoisotopic (exact) mass is 493 g/mol. The van der Waals surface area contributed by atoms with Crippen LogP contribution in [-0.2, 0) is 14.3 Å². The number of imide groups is 1. The fourth-order valence-corrected chi connectivity index (χ4v) is 4.20. The summed E-state index contributed by atoms with van der Waals surface area (Å²) in [5.41, 5.74) is 2.56. The first kappa shape index (κ1) is 24.9. The van der Waals surface area contributed by atoms with Crippen molar-refractivity contribution in [3.05, 3.63) is 64.2 Å². The summed E-state index contributed by atoms with van der Waals surface area (Å²) >= 11 is 0. The van der Waals surface area contributed by atoms with Crippen molar-refractivity contribution in [3.8, 4) is 0 Å². The summed E-state index contributed by atoms with van der Waals surface area (Å²) in [6.07, 6.45) is -0.420. The van der Waals surface area contributed by atoms with E-state index in [1.807, 2.05) is 26.0 Å². The average molecular weight is 494 g/mol. The van der Waals surface area contributed by atoms with Crippen LogP contribution in [0.2, 0.25) is 0 Å². The van der Waals surface area contributed by atoms with Gasteiger partial charge in [-0.15, -0.1) is 0 Å². The van der Waals surface area contributed by atoms with Crippen molar-refractivity contribution in [1.29, 1.82) is 0 Å². The molecule has 0 aromatic heterocycles. The Morgan fingerprint density at radius 2 is 1.50 bits per heavy atom. The van der Waals surface area contributed by atoms with Gasteiger partial charge < -0.3 is 19.3 Å². The van der Waals surface area contributed by atoms with Gasteiger partial charge in [-0.2, -0.15) is 0 Å². The van der Waals surface area contributed by atoms with E-state index >= 15 is 0 Å². The summed E-state index contributed by atoms with van der Waals surface area (Å²) in [5.74, 6) is -2.14. The maximum atomic E-state index is 13.1. The highest BCUT2D eigenvalue weighted by Crippen LogP contribution is 2.31. The third kappa shape index (κ3) is 4.79. The second-order valence-electron chi connectivity index (χ2n) is 8.64. The minimum Gasteiger partial charge on any atom is -0.452 e. The lowest BCUT2D eigenvalue weighted by atomic mass is 10.1. The molecule has 1 fully saturated rings. The first-order valence-electron chi connectivity index (χ1n) is 11.7. The number of nitrogens with zero attached hydrogens (tertiary/aromatic N) is 3. The number of hydrogen-bond donors (Lipinski definition) is 0. The van der Waals surface area contributed by atoms with Crippen LogP contribution >= 0.6 is 0 Å². The summed E-state index contributed by atoms with van der Waals surface area (Å²) < 4.78 is 10.1. The molecule has 0 bridgehead atoms. The molecule has 2 heterocycles. The quantitative estimate of drug-likeness (QED) is 0.465. The fraction of sp³-hybridized carbons (Fsp3) is 0.346. The van der Waals surface area contributed by atoms with Crippen LogP contribution in [0.5, 0.6) is 0 Å². The van der Waals surface area contributed by atoms with Gasteiger partial charge in [0.15, 0.2) is 6.61 Å². The lowest BCUT2D eigenvalue weighted by Gasteiger charge is -2.33. The molecule has 0 atom stereocenters. The number of carbonyl (C=O) groups excluding carboxylic acids is 5. The molecule has 0 N–H and O–H groups in total. The van der Waals surface area contributed by atoms with Gasteiger partial charge in [-0.3, -0.25) is 14.4 Å². The lowest BCUT2D eigenvalue weighted by molar-refractivity contribution is -0.136. The number of aryl methyl sites for hydroxylation is 2. The summed E-state index contributed by atoms with van der Waals surface area (Å²) in [4.78, 5) is 67.1. The van der Waals surface area contributed by atoms with E-state index in [9.17, 15) is 24.0 Å². The van der Waals surface area contributed by atoms with Gasteiger partial charge in [-0.1, -0.05) is 12.1 Å². The summed E-state index contributed by atoms with van der Waals surface area (Å²) in [6.45, 7) is 6.48. The number of ether oxygens (including phenoxy) is 2. The Morgan fingerprint density at radius 3 is 2.19 bits per heavy atom. The molecule has 0 aliphatic carbocycles. The molecule has 10 heteroatoms. The Kier molecular flexibility index (Phi) is 7.05. The zero-order valence-electron chi connectivity index (χ0n) is 20.4. The van der Waals surface area contributed by atoms with Crippen LogP contribution in [0.25, 0.3) is 0 Å². The van der Waals surface area contributed by atoms with Crippen LogP contribution < -0.4 is 4.90 Å². The number of benzene rings is 2. The number of amides is 4. The largest absolute Gasteiger partial charge is 0.452 e. The van der Waals surface area contributed by atoms with Gasteiger partial charge in [0.1, 0.15) is 0 Å². The lowest BCUT2D eigenvalue weighted by Crippen LogP contribution is -2.51. The first-order valence-corrected chi connectivity index (χ1v) is 11.7. The Labute approximate surface area is 208 Å². The van der Waals surface area contributed by atoms with Gasteiger partial charge in [0.05, 0.1) is 29.0 Å².